The standard InChI is InChI=1S/C43H52ClN5O5/c1-27-7-13-31(14-8-27)28(2)46-26-35-19-20-39(53-35)37-22-36(38(44)23-40(37)52-6)41(50)48-34(21-29-9-11-30(24-45)12-10-29)25-47-32-15-17-33(18-16-32)49-42(51)54-43(3,4)5/h7-14,19-20,22-23,28,32-34,46-47H,15-18,21,25-26H2,1-6H3,(H,48,50)(H,49,51)/t28?,32-,33-,34?. The fourth-order valence-electron chi connectivity index (χ4n) is 6.60. The van der Waals surface area contributed by atoms with E-state index >= 15 is 0 Å². The maximum atomic E-state index is 14.0. The summed E-state index contributed by atoms with van der Waals surface area (Å²) in [5, 5.41) is 22.9. The quantitative estimate of drug-likeness (QED) is 0.101. The number of hydrogen-bond acceptors (Lipinski definition) is 8. The molecule has 0 aliphatic heterocycles. The van der Waals surface area contributed by atoms with Gasteiger partial charge in [-0.3, -0.25) is 4.79 Å². The molecule has 0 saturated heterocycles. The van der Waals surface area contributed by atoms with Gasteiger partial charge >= 0.3 is 6.09 Å². The van der Waals surface area contributed by atoms with Crippen LogP contribution in [0.2, 0.25) is 5.02 Å². The van der Waals surface area contributed by atoms with Crippen molar-refractivity contribution in [2.45, 2.75) is 103 Å². The van der Waals surface area contributed by atoms with Gasteiger partial charge in [0, 0.05) is 36.8 Å². The van der Waals surface area contributed by atoms with Crippen LogP contribution < -0.4 is 26.0 Å². The molecule has 0 spiro atoms. The number of nitriles is 1. The predicted octanol–water partition coefficient (Wildman–Crippen LogP) is 8.41. The minimum atomic E-state index is -0.546. The summed E-state index contributed by atoms with van der Waals surface area (Å²) in [4.78, 5) is 26.3. The number of nitrogens with zero attached hydrogens (tertiary/aromatic N) is 1. The third-order valence-corrected chi connectivity index (χ3v) is 9.93. The Hall–Kier alpha value is -4.82. The molecule has 286 valence electrons. The molecule has 2 atom stereocenters. The van der Waals surface area contributed by atoms with Gasteiger partial charge in [0.1, 0.15) is 22.9 Å². The van der Waals surface area contributed by atoms with Gasteiger partial charge in [0.25, 0.3) is 5.91 Å². The summed E-state index contributed by atoms with van der Waals surface area (Å²) in [6, 6.07) is 25.3. The van der Waals surface area contributed by atoms with Gasteiger partial charge in [-0.1, -0.05) is 53.6 Å². The number of benzene rings is 3. The number of rotatable bonds is 14. The van der Waals surface area contributed by atoms with Gasteiger partial charge in [0.15, 0.2) is 0 Å². The summed E-state index contributed by atoms with van der Waals surface area (Å²) >= 11 is 6.71. The van der Waals surface area contributed by atoms with E-state index in [2.05, 4.69) is 65.4 Å². The molecular weight excluding hydrogens is 702 g/mol. The van der Waals surface area contributed by atoms with E-state index in [1.165, 1.54) is 11.1 Å². The first-order chi connectivity index (χ1) is 25.8. The fraction of sp³-hybridized carbons (Fsp3) is 0.419. The average Bonchev–Trinajstić information content (AvgIpc) is 3.62. The van der Waals surface area contributed by atoms with Crippen molar-refractivity contribution in [2.24, 2.45) is 0 Å². The fourth-order valence-corrected chi connectivity index (χ4v) is 6.84. The van der Waals surface area contributed by atoms with E-state index in [9.17, 15) is 14.9 Å². The number of nitrogens with one attached hydrogen (secondary N) is 4. The zero-order valence-corrected chi connectivity index (χ0v) is 32.8. The number of furan rings is 1. The average molecular weight is 754 g/mol. The Morgan fingerprint density at radius 1 is 0.981 bits per heavy atom. The van der Waals surface area contributed by atoms with Crippen molar-refractivity contribution in [3.05, 3.63) is 111 Å². The molecule has 1 heterocycles. The third-order valence-electron chi connectivity index (χ3n) is 9.62. The van der Waals surface area contributed by atoms with E-state index in [0.717, 1.165) is 37.0 Å². The molecule has 1 saturated carbocycles. The first kappa shape index (κ1) is 40.4. The SMILES string of the molecule is COc1cc(Cl)c(C(=O)NC(CN[C@H]2CC[C@H](NC(=O)OC(C)(C)C)CC2)Cc2ccc(C#N)cc2)cc1-c1ccc(CNC(C)c2ccc(C)cc2)o1. The van der Waals surface area contributed by atoms with Gasteiger partial charge in [-0.15, -0.1) is 0 Å². The van der Waals surface area contributed by atoms with Crippen molar-refractivity contribution < 1.29 is 23.5 Å². The van der Waals surface area contributed by atoms with Crippen molar-refractivity contribution in [1.29, 1.82) is 5.26 Å². The number of amides is 2. The minimum absolute atomic E-state index is 0.0576. The molecule has 1 fully saturated rings. The highest BCUT2D eigenvalue weighted by molar-refractivity contribution is 6.34. The topological polar surface area (TPSA) is 138 Å². The number of aryl methyl sites for hydroxylation is 1. The molecule has 1 aliphatic rings. The highest BCUT2D eigenvalue weighted by atomic mass is 35.5. The Kier molecular flexibility index (Phi) is 13.8. The van der Waals surface area contributed by atoms with Crippen molar-refractivity contribution in [1.82, 2.24) is 21.3 Å². The van der Waals surface area contributed by atoms with Crippen molar-refractivity contribution in [2.75, 3.05) is 13.7 Å². The second-order valence-corrected chi connectivity index (χ2v) is 15.5. The Labute approximate surface area is 324 Å². The van der Waals surface area contributed by atoms with E-state index in [1.807, 2.05) is 45.0 Å². The van der Waals surface area contributed by atoms with Crippen LogP contribution in [-0.4, -0.2) is 49.4 Å². The Balaban J connectivity index is 1.26. The Bertz CT molecular complexity index is 1900. The van der Waals surface area contributed by atoms with E-state index in [4.69, 9.17) is 25.5 Å². The lowest BCUT2D eigenvalue weighted by atomic mass is 9.91. The summed E-state index contributed by atoms with van der Waals surface area (Å²) in [5.74, 6) is 1.47. The molecule has 0 radical (unpaired) electrons. The zero-order valence-electron chi connectivity index (χ0n) is 32.1. The van der Waals surface area contributed by atoms with Gasteiger partial charge in [0.2, 0.25) is 0 Å². The summed E-state index contributed by atoms with van der Waals surface area (Å²) in [6.45, 7) is 10.8. The minimum Gasteiger partial charge on any atom is -0.496 e. The van der Waals surface area contributed by atoms with Crippen LogP contribution in [0.1, 0.15) is 97.8 Å². The van der Waals surface area contributed by atoms with E-state index in [-0.39, 0.29) is 35.1 Å². The number of halogens is 1. The molecule has 1 aromatic heterocycles. The summed E-state index contributed by atoms with van der Waals surface area (Å²) in [6.07, 6.45) is 3.54. The first-order valence-electron chi connectivity index (χ1n) is 18.6. The number of ether oxygens (including phenoxy) is 2. The van der Waals surface area contributed by atoms with Gasteiger partial charge in [-0.2, -0.15) is 5.26 Å². The van der Waals surface area contributed by atoms with Crippen LogP contribution in [0.15, 0.2) is 77.2 Å². The number of alkyl carbamates (subject to hydrolysis) is 1. The van der Waals surface area contributed by atoms with Crippen LogP contribution in [0.3, 0.4) is 0 Å². The lowest BCUT2D eigenvalue weighted by molar-refractivity contribution is 0.0489. The summed E-state index contributed by atoms with van der Waals surface area (Å²) in [7, 11) is 1.56. The van der Waals surface area contributed by atoms with Crippen LogP contribution in [-0.2, 0) is 17.7 Å². The highest BCUT2D eigenvalue weighted by Gasteiger charge is 2.26. The van der Waals surface area contributed by atoms with Crippen LogP contribution in [0.5, 0.6) is 5.75 Å². The summed E-state index contributed by atoms with van der Waals surface area (Å²) in [5.41, 5.74) is 4.34. The third kappa shape index (κ3) is 11.6. The van der Waals surface area contributed by atoms with Gasteiger partial charge in [-0.25, -0.2) is 4.79 Å². The van der Waals surface area contributed by atoms with Crippen LogP contribution in [0, 0.1) is 18.3 Å². The normalized spacial score (nSPS) is 16.9. The molecule has 54 heavy (non-hydrogen) atoms. The summed E-state index contributed by atoms with van der Waals surface area (Å²) < 4.78 is 17.3. The van der Waals surface area contributed by atoms with E-state index in [0.29, 0.717) is 47.7 Å². The molecule has 2 amide bonds. The predicted molar refractivity (Wildman–Crippen MR) is 212 cm³/mol. The highest BCUT2D eigenvalue weighted by Crippen LogP contribution is 2.36. The molecule has 11 heteroatoms. The maximum Gasteiger partial charge on any atom is 0.407 e. The lowest BCUT2D eigenvalue weighted by Gasteiger charge is -2.31. The Morgan fingerprint density at radius 2 is 1.67 bits per heavy atom. The van der Waals surface area contributed by atoms with Crippen molar-refractivity contribution in [3.8, 4) is 23.1 Å². The Morgan fingerprint density at radius 3 is 2.31 bits per heavy atom. The second kappa shape index (κ2) is 18.5. The largest absolute Gasteiger partial charge is 0.496 e. The van der Waals surface area contributed by atoms with Crippen LogP contribution >= 0.6 is 11.6 Å². The molecule has 5 rings (SSSR count). The number of carbonyl (C=O) groups is 2. The molecule has 4 N–H and O–H groups in total. The maximum absolute atomic E-state index is 14.0. The first-order valence-corrected chi connectivity index (χ1v) is 19.0. The molecule has 1 aliphatic carbocycles. The molecule has 2 unspecified atom stereocenters. The smallest absolute Gasteiger partial charge is 0.407 e. The monoisotopic (exact) mass is 753 g/mol. The number of carbonyl (C=O) groups excluding carboxylic acids is 2. The van der Waals surface area contributed by atoms with Crippen molar-refractivity contribution in [3.63, 3.8) is 0 Å². The van der Waals surface area contributed by atoms with Crippen LogP contribution in [0.25, 0.3) is 11.3 Å². The van der Waals surface area contributed by atoms with E-state index in [1.54, 1.807) is 31.4 Å². The van der Waals surface area contributed by atoms with E-state index < -0.39 is 11.7 Å². The molecule has 3 aromatic carbocycles. The molecule has 10 nitrogen and oxygen atoms in total. The zero-order chi connectivity index (χ0) is 38.8. The second-order valence-electron chi connectivity index (χ2n) is 15.1. The number of methoxy groups -OCH3 is 1. The molecule has 4 aromatic rings. The van der Waals surface area contributed by atoms with Gasteiger partial charge in [-0.05, 0) is 108 Å². The van der Waals surface area contributed by atoms with Crippen LogP contribution in [0.4, 0.5) is 4.79 Å². The number of hydrogen-bond donors (Lipinski definition) is 4. The lowest BCUT2D eigenvalue weighted by Crippen LogP contribution is -2.48. The molecular formula is C43H52ClN5O5. The molecule has 0 bridgehead atoms. The van der Waals surface area contributed by atoms with Crippen molar-refractivity contribution >= 4 is 23.6 Å². The van der Waals surface area contributed by atoms with Gasteiger partial charge in [0.05, 0.1) is 41.4 Å². The van der Waals surface area contributed by atoms with Gasteiger partial charge < -0.3 is 35.2 Å².